The highest BCUT2D eigenvalue weighted by atomic mass is 16.2. The van der Waals surface area contributed by atoms with Gasteiger partial charge in [0.1, 0.15) is 0 Å². The molecule has 4 nitrogen and oxygen atoms in total. The van der Waals surface area contributed by atoms with E-state index in [1.54, 1.807) is 19.0 Å². The molecule has 96 valence electrons. The van der Waals surface area contributed by atoms with Crippen molar-refractivity contribution < 1.29 is 4.79 Å². The third-order valence-electron chi connectivity index (χ3n) is 2.53. The van der Waals surface area contributed by atoms with E-state index in [0.29, 0.717) is 13.0 Å². The quantitative estimate of drug-likeness (QED) is 0.757. The van der Waals surface area contributed by atoms with Crippen molar-refractivity contribution in [3.63, 3.8) is 0 Å². The SMILES string of the molecule is CN(C)C(=O)CC(CN)N(C)CC(C)(C)C. The number of carbonyl (C=O) groups excluding carboxylic acids is 1. The molecule has 0 aromatic heterocycles. The summed E-state index contributed by atoms with van der Waals surface area (Å²) in [5.74, 6) is 0.135. The van der Waals surface area contributed by atoms with Crippen LogP contribution in [0.25, 0.3) is 0 Å². The first-order valence-electron chi connectivity index (χ1n) is 5.78. The van der Waals surface area contributed by atoms with E-state index in [9.17, 15) is 4.79 Å². The normalized spacial score (nSPS) is 14.0. The number of hydrogen-bond donors (Lipinski definition) is 1. The Morgan fingerprint density at radius 3 is 2.06 bits per heavy atom. The minimum atomic E-state index is 0.133. The van der Waals surface area contributed by atoms with E-state index in [0.717, 1.165) is 6.54 Å². The summed E-state index contributed by atoms with van der Waals surface area (Å²) < 4.78 is 0. The van der Waals surface area contributed by atoms with Crippen LogP contribution in [0.2, 0.25) is 0 Å². The number of hydrogen-bond acceptors (Lipinski definition) is 3. The van der Waals surface area contributed by atoms with Gasteiger partial charge in [0, 0.05) is 39.6 Å². The highest BCUT2D eigenvalue weighted by Gasteiger charge is 2.22. The molecule has 0 spiro atoms. The smallest absolute Gasteiger partial charge is 0.223 e. The fraction of sp³-hybridized carbons (Fsp3) is 0.917. The minimum absolute atomic E-state index is 0.133. The fourth-order valence-corrected chi connectivity index (χ4v) is 1.68. The molecule has 0 aromatic rings. The number of rotatable bonds is 5. The molecule has 4 heteroatoms. The van der Waals surface area contributed by atoms with Crippen LogP contribution in [0.1, 0.15) is 27.2 Å². The van der Waals surface area contributed by atoms with Gasteiger partial charge in [0.2, 0.25) is 5.91 Å². The summed E-state index contributed by atoms with van der Waals surface area (Å²) in [5, 5.41) is 0. The molecule has 0 fully saturated rings. The van der Waals surface area contributed by atoms with Crippen LogP contribution in [0.4, 0.5) is 0 Å². The lowest BCUT2D eigenvalue weighted by Crippen LogP contribution is -2.44. The molecule has 16 heavy (non-hydrogen) atoms. The molecule has 0 rings (SSSR count). The summed E-state index contributed by atoms with van der Waals surface area (Å²) in [6, 6.07) is 0.133. The molecule has 0 aromatic carbocycles. The predicted molar refractivity (Wildman–Crippen MR) is 68.2 cm³/mol. The lowest BCUT2D eigenvalue weighted by molar-refractivity contribution is -0.129. The van der Waals surface area contributed by atoms with E-state index in [4.69, 9.17) is 5.73 Å². The maximum absolute atomic E-state index is 11.6. The molecule has 0 radical (unpaired) electrons. The van der Waals surface area contributed by atoms with E-state index in [2.05, 4.69) is 25.7 Å². The number of nitrogens with zero attached hydrogens (tertiary/aromatic N) is 2. The molecule has 1 amide bonds. The largest absolute Gasteiger partial charge is 0.349 e. The molecule has 0 aliphatic heterocycles. The third kappa shape index (κ3) is 6.08. The molecule has 0 aliphatic carbocycles. The zero-order valence-corrected chi connectivity index (χ0v) is 11.6. The first-order valence-corrected chi connectivity index (χ1v) is 5.78. The molecule has 0 saturated heterocycles. The Morgan fingerprint density at radius 1 is 1.25 bits per heavy atom. The van der Waals surface area contributed by atoms with E-state index >= 15 is 0 Å². The van der Waals surface area contributed by atoms with Crippen molar-refractivity contribution in [2.75, 3.05) is 34.2 Å². The van der Waals surface area contributed by atoms with Gasteiger partial charge in [-0.15, -0.1) is 0 Å². The van der Waals surface area contributed by atoms with Gasteiger partial charge in [-0.05, 0) is 12.5 Å². The zero-order valence-electron chi connectivity index (χ0n) is 11.6. The van der Waals surface area contributed by atoms with Crippen LogP contribution in [-0.2, 0) is 4.79 Å². The van der Waals surface area contributed by atoms with Gasteiger partial charge in [-0.2, -0.15) is 0 Å². The van der Waals surface area contributed by atoms with Gasteiger partial charge in [-0.25, -0.2) is 0 Å². The van der Waals surface area contributed by atoms with Crippen LogP contribution in [-0.4, -0.2) is 56.0 Å². The van der Waals surface area contributed by atoms with Crippen molar-refractivity contribution in [2.24, 2.45) is 11.1 Å². The van der Waals surface area contributed by atoms with Crippen LogP contribution in [0, 0.1) is 5.41 Å². The second-order valence-corrected chi connectivity index (χ2v) is 5.86. The minimum Gasteiger partial charge on any atom is -0.349 e. The molecule has 0 bridgehead atoms. The van der Waals surface area contributed by atoms with Gasteiger partial charge < -0.3 is 15.5 Å². The molecule has 0 saturated carbocycles. The highest BCUT2D eigenvalue weighted by Crippen LogP contribution is 2.16. The molecule has 0 aliphatic rings. The van der Waals surface area contributed by atoms with Crippen molar-refractivity contribution in [3.05, 3.63) is 0 Å². The second-order valence-electron chi connectivity index (χ2n) is 5.86. The summed E-state index contributed by atoms with van der Waals surface area (Å²) in [4.78, 5) is 15.4. The van der Waals surface area contributed by atoms with Crippen molar-refractivity contribution in [2.45, 2.75) is 33.2 Å². The third-order valence-corrected chi connectivity index (χ3v) is 2.53. The topological polar surface area (TPSA) is 49.6 Å². The Morgan fingerprint density at radius 2 is 1.75 bits per heavy atom. The van der Waals surface area contributed by atoms with Gasteiger partial charge in [-0.1, -0.05) is 20.8 Å². The molecule has 1 atom stereocenters. The summed E-state index contributed by atoms with van der Waals surface area (Å²) in [5.41, 5.74) is 5.95. The highest BCUT2D eigenvalue weighted by molar-refractivity contribution is 5.76. The zero-order chi connectivity index (χ0) is 12.9. The van der Waals surface area contributed by atoms with Crippen molar-refractivity contribution in [1.29, 1.82) is 0 Å². The van der Waals surface area contributed by atoms with Crippen LogP contribution in [0.5, 0.6) is 0 Å². The molecule has 2 N–H and O–H groups in total. The summed E-state index contributed by atoms with van der Waals surface area (Å²) >= 11 is 0. The van der Waals surface area contributed by atoms with Gasteiger partial charge in [0.25, 0.3) is 0 Å². The van der Waals surface area contributed by atoms with Crippen molar-refractivity contribution in [3.8, 4) is 0 Å². The Labute approximate surface area is 99.8 Å². The molecular weight excluding hydrogens is 202 g/mol. The number of likely N-dealkylation sites (N-methyl/N-ethyl adjacent to an activating group) is 1. The molecule has 1 unspecified atom stereocenters. The first kappa shape index (κ1) is 15.4. The summed E-state index contributed by atoms with van der Waals surface area (Å²) in [6.45, 7) is 8.02. The lowest BCUT2D eigenvalue weighted by Gasteiger charge is -2.32. The van der Waals surface area contributed by atoms with Crippen LogP contribution in [0.15, 0.2) is 0 Å². The van der Waals surface area contributed by atoms with Crippen LogP contribution in [0.3, 0.4) is 0 Å². The van der Waals surface area contributed by atoms with Crippen LogP contribution >= 0.6 is 0 Å². The fourth-order valence-electron chi connectivity index (χ4n) is 1.68. The Balaban J connectivity index is 4.33. The second kappa shape index (κ2) is 6.21. The van der Waals surface area contributed by atoms with Gasteiger partial charge >= 0.3 is 0 Å². The predicted octanol–water partition coefficient (Wildman–Crippen LogP) is 0.770. The average molecular weight is 229 g/mol. The van der Waals surface area contributed by atoms with Gasteiger partial charge in [0.05, 0.1) is 0 Å². The van der Waals surface area contributed by atoms with E-state index in [-0.39, 0.29) is 17.4 Å². The maximum atomic E-state index is 11.6. The van der Waals surface area contributed by atoms with Crippen LogP contribution < -0.4 is 5.73 Å². The van der Waals surface area contributed by atoms with E-state index in [1.165, 1.54) is 0 Å². The van der Waals surface area contributed by atoms with Crippen molar-refractivity contribution >= 4 is 5.91 Å². The number of nitrogens with two attached hydrogens (primary N) is 1. The maximum Gasteiger partial charge on any atom is 0.223 e. The Bertz CT molecular complexity index is 221. The number of amides is 1. The molecule has 0 heterocycles. The van der Waals surface area contributed by atoms with Gasteiger partial charge in [0.15, 0.2) is 0 Å². The van der Waals surface area contributed by atoms with Gasteiger partial charge in [-0.3, -0.25) is 4.79 Å². The van der Waals surface area contributed by atoms with E-state index < -0.39 is 0 Å². The average Bonchev–Trinajstić information content (AvgIpc) is 2.10. The first-order chi connectivity index (χ1) is 7.17. The lowest BCUT2D eigenvalue weighted by atomic mass is 9.95. The van der Waals surface area contributed by atoms with E-state index in [1.807, 2.05) is 7.05 Å². The van der Waals surface area contributed by atoms with Crippen molar-refractivity contribution in [1.82, 2.24) is 9.80 Å². The molecular formula is C12H27N3O. The number of carbonyl (C=O) groups is 1. The Hall–Kier alpha value is -0.610. The summed E-state index contributed by atoms with van der Waals surface area (Å²) in [7, 11) is 5.59. The standard InChI is InChI=1S/C12H27N3O/c1-12(2,3)9-15(6)10(8-13)7-11(16)14(4)5/h10H,7-9,13H2,1-6H3. The Kier molecular flexibility index (Phi) is 5.97. The monoisotopic (exact) mass is 229 g/mol. The summed E-state index contributed by atoms with van der Waals surface area (Å²) in [6.07, 6.45) is 0.496.